The van der Waals surface area contributed by atoms with Gasteiger partial charge in [-0.1, -0.05) is 36.6 Å². The molecule has 1 atom stereocenters. The maximum atomic E-state index is 12.7. The largest absolute Gasteiger partial charge is 0.493 e. The number of tetrazole rings is 1. The topological polar surface area (TPSA) is 91.2 Å². The SMILES string of the molecule is CCCCOc1ccccc1C1C(C(=O)OCC)=C(C)Nc2nnnn21. The first-order valence-electron chi connectivity index (χ1n) is 8.81. The van der Waals surface area contributed by atoms with Crippen molar-refractivity contribution in [2.24, 2.45) is 0 Å². The Kier molecular flexibility index (Phi) is 5.50. The second-order valence-corrected chi connectivity index (χ2v) is 5.97. The predicted molar refractivity (Wildman–Crippen MR) is 95.8 cm³/mol. The molecule has 138 valence electrons. The van der Waals surface area contributed by atoms with Crippen molar-refractivity contribution < 1.29 is 14.3 Å². The van der Waals surface area contributed by atoms with Crippen molar-refractivity contribution in [3.05, 3.63) is 41.1 Å². The van der Waals surface area contributed by atoms with E-state index in [0.29, 0.717) is 36.2 Å². The Morgan fingerprint density at radius 2 is 2.12 bits per heavy atom. The van der Waals surface area contributed by atoms with Crippen LogP contribution in [0.1, 0.15) is 45.2 Å². The van der Waals surface area contributed by atoms with Gasteiger partial charge in [0, 0.05) is 11.3 Å². The van der Waals surface area contributed by atoms with Crippen LogP contribution < -0.4 is 10.1 Å². The van der Waals surface area contributed by atoms with Gasteiger partial charge in [0.1, 0.15) is 11.8 Å². The molecule has 0 saturated heterocycles. The molecule has 0 radical (unpaired) electrons. The van der Waals surface area contributed by atoms with E-state index in [1.807, 2.05) is 31.2 Å². The number of unbranched alkanes of at least 4 members (excludes halogenated alkanes) is 1. The van der Waals surface area contributed by atoms with Crippen LogP contribution in [0.2, 0.25) is 0 Å². The Morgan fingerprint density at radius 1 is 1.31 bits per heavy atom. The van der Waals surface area contributed by atoms with Gasteiger partial charge in [-0.15, -0.1) is 0 Å². The van der Waals surface area contributed by atoms with E-state index in [4.69, 9.17) is 9.47 Å². The fraction of sp³-hybridized carbons (Fsp3) is 0.444. The number of esters is 1. The number of aromatic nitrogens is 4. The molecule has 0 amide bonds. The lowest BCUT2D eigenvalue weighted by Gasteiger charge is -2.28. The number of fused-ring (bicyclic) bond motifs is 1. The second-order valence-electron chi connectivity index (χ2n) is 5.97. The lowest BCUT2D eigenvalue weighted by atomic mass is 9.95. The Balaban J connectivity index is 2.07. The Labute approximate surface area is 152 Å². The minimum atomic E-state index is -0.516. The molecule has 1 aromatic heterocycles. The minimum Gasteiger partial charge on any atom is -0.493 e. The van der Waals surface area contributed by atoms with Crippen LogP contribution in [0.4, 0.5) is 5.95 Å². The quantitative estimate of drug-likeness (QED) is 0.602. The number of nitrogens with one attached hydrogen (secondary N) is 1. The molecule has 0 spiro atoms. The number of benzene rings is 1. The molecule has 2 aromatic rings. The third kappa shape index (κ3) is 3.40. The van der Waals surface area contributed by atoms with E-state index in [1.54, 1.807) is 11.6 Å². The molecule has 1 aliphatic rings. The number of carbonyl (C=O) groups is 1. The number of ether oxygens (including phenoxy) is 2. The summed E-state index contributed by atoms with van der Waals surface area (Å²) in [5, 5.41) is 14.9. The highest BCUT2D eigenvalue weighted by Gasteiger charge is 2.36. The molecule has 8 nitrogen and oxygen atoms in total. The summed E-state index contributed by atoms with van der Waals surface area (Å²) in [4.78, 5) is 12.7. The summed E-state index contributed by atoms with van der Waals surface area (Å²) >= 11 is 0. The highest BCUT2D eigenvalue weighted by atomic mass is 16.5. The Bertz CT molecular complexity index is 815. The van der Waals surface area contributed by atoms with Crippen molar-refractivity contribution in [1.29, 1.82) is 0 Å². The zero-order valence-corrected chi connectivity index (χ0v) is 15.2. The highest BCUT2D eigenvalue weighted by molar-refractivity contribution is 5.92. The maximum absolute atomic E-state index is 12.7. The molecular formula is C18H23N5O3. The van der Waals surface area contributed by atoms with Crippen LogP contribution in [0, 0.1) is 0 Å². The molecule has 2 heterocycles. The van der Waals surface area contributed by atoms with Crippen molar-refractivity contribution >= 4 is 11.9 Å². The first-order valence-corrected chi connectivity index (χ1v) is 8.81. The lowest BCUT2D eigenvalue weighted by Crippen LogP contribution is -2.30. The van der Waals surface area contributed by atoms with E-state index >= 15 is 0 Å². The number of hydrogen-bond acceptors (Lipinski definition) is 7. The van der Waals surface area contributed by atoms with Gasteiger partial charge in [0.25, 0.3) is 0 Å². The van der Waals surface area contributed by atoms with E-state index in [2.05, 4.69) is 27.8 Å². The van der Waals surface area contributed by atoms with Gasteiger partial charge in [-0.2, -0.15) is 4.68 Å². The number of para-hydroxylation sites is 1. The summed E-state index contributed by atoms with van der Waals surface area (Å²) in [7, 11) is 0. The average molecular weight is 357 g/mol. The molecule has 8 heteroatoms. The molecule has 1 N–H and O–H groups in total. The van der Waals surface area contributed by atoms with Crippen molar-refractivity contribution in [3.8, 4) is 5.75 Å². The molecule has 1 aromatic carbocycles. The summed E-state index contributed by atoms with van der Waals surface area (Å²) in [5.41, 5.74) is 1.96. The van der Waals surface area contributed by atoms with Crippen LogP contribution in [0.25, 0.3) is 0 Å². The van der Waals surface area contributed by atoms with Crippen molar-refractivity contribution in [2.45, 2.75) is 39.7 Å². The van der Waals surface area contributed by atoms with Crippen LogP contribution in [0.5, 0.6) is 5.75 Å². The number of allylic oxidation sites excluding steroid dienone is 1. The van der Waals surface area contributed by atoms with E-state index in [-0.39, 0.29) is 0 Å². The van der Waals surface area contributed by atoms with Crippen molar-refractivity contribution in [3.63, 3.8) is 0 Å². The fourth-order valence-corrected chi connectivity index (χ4v) is 2.94. The average Bonchev–Trinajstić information content (AvgIpc) is 3.09. The van der Waals surface area contributed by atoms with Crippen LogP contribution in [0.3, 0.4) is 0 Å². The van der Waals surface area contributed by atoms with E-state index < -0.39 is 12.0 Å². The third-order valence-corrected chi connectivity index (χ3v) is 4.18. The van der Waals surface area contributed by atoms with Gasteiger partial charge in [-0.25, -0.2) is 4.79 Å². The fourth-order valence-electron chi connectivity index (χ4n) is 2.94. The van der Waals surface area contributed by atoms with Gasteiger partial charge in [0.2, 0.25) is 5.95 Å². The smallest absolute Gasteiger partial charge is 0.338 e. The molecule has 26 heavy (non-hydrogen) atoms. The Hall–Kier alpha value is -2.90. The standard InChI is InChI=1S/C18H23N5O3/c1-4-6-11-26-14-10-8-7-9-13(14)16-15(17(24)25-5-2)12(3)19-18-20-21-22-23(16)18/h7-10,16H,4-6,11H2,1-3H3,(H,19,20,22). The zero-order valence-electron chi connectivity index (χ0n) is 15.2. The second kappa shape index (κ2) is 7.99. The van der Waals surface area contributed by atoms with Crippen LogP contribution >= 0.6 is 0 Å². The molecule has 0 bridgehead atoms. The van der Waals surface area contributed by atoms with Crippen molar-refractivity contribution in [2.75, 3.05) is 18.5 Å². The van der Waals surface area contributed by atoms with Crippen LogP contribution in [-0.4, -0.2) is 39.4 Å². The number of nitrogens with zero attached hydrogens (tertiary/aromatic N) is 4. The third-order valence-electron chi connectivity index (χ3n) is 4.18. The molecular weight excluding hydrogens is 334 g/mol. The number of rotatable bonds is 7. The normalized spacial score (nSPS) is 16.0. The zero-order chi connectivity index (χ0) is 18.5. The monoisotopic (exact) mass is 357 g/mol. The highest BCUT2D eigenvalue weighted by Crippen LogP contribution is 2.38. The Morgan fingerprint density at radius 3 is 2.88 bits per heavy atom. The van der Waals surface area contributed by atoms with Crippen LogP contribution in [0.15, 0.2) is 35.5 Å². The number of carbonyl (C=O) groups excluding carboxylic acids is 1. The van der Waals surface area contributed by atoms with E-state index in [1.165, 1.54) is 0 Å². The van der Waals surface area contributed by atoms with Gasteiger partial charge in [-0.05, 0) is 36.8 Å². The molecule has 3 rings (SSSR count). The predicted octanol–water partition coefficient (Wildman–Crippen LogP) is 2.70. The number of anilines is 1. The summed E-state index contributed by atoms with van der Waals surface area (Å²) in [6.07, 6.45) is 2.00. The molecule has 1 unspecified atom stereocenters. The summed E-state index contributed by atoms with van der Waals surface area (Å²) in [6, 6.07) is 7.13. The first kappa shape index (κ1) is 17.9. The maximum Gasteiger partial charge on any atom is 0.338 e. The minimum absolute atomic E-state index is 0.291. The van der Waals surface area contributed by atoms with E-state index in [9.17, 15) is 4.79 Å². The van der Waals surface area contributed by atoms with Gasteiger partial charge in [0.05, 0.1) is 18.8 Å². The molecule has 1 aliphatic heterocycles. The first-order chi connectivity index (χ1) is 12.7. The van der Waals surface area contributed by atoms with Gasteiger partial charge in [0.15, 0.2) is 0 Å². The van der Waals surface area contributed by atoms with Crippen molar-refractivity contribution in [1.82, 2.24) is 20.2 Å². The summed E-state index contributed by atoms with van der Waals surface area (Å²) < 4.78 is 12.8. The van der Waals surface area contributed by atoms with E-state index in [0.717, 1.165) is 18.4 Å². The van der Waals surface area contributed by atoms with Crippen LogP contribution in [-0.2, 0) is 9.53 Å². The molecule has 0 fully saturated rings. The molecule has 0 saturated carbocycles. The lowest BCUT2D eigenvalue weighted by molar-refractivity contribution is -0.139. The molecule has 0 aliphatic carbocycles. The summed E-state index contributed by atoms with van der Waals surface area (Å²) in [6.45, 7) is 6.61. The summed E-state index contributed by atoms with van der Waals surface area (Å²) in [5.74, 6) is 0.791. The number of hydrogen-bond donors (Lipinski definition) is 1. The van der Waals surface area contributed by atoms with Gasteiger partial charge in [-0.3, -0.25) is 0 Å². The van der Waals surface area contributed by atoms with Gasteiger partial charge >= 0.3 is 5.97 Å². The van der Waals surface area contributed by atoms with Gasteiger partial charge < -0.3 is 14.8 Å².